The van der Waals surface area contributed by atoms with Crippen LogP contribution in [0.1, 0.15) is 27.2 Å². The molecule has 1 amide bonds. The predicted octanol–water partition coefficient (Wildman–Crippen LogP) is 4.65. The molecule has 2 heterocycles. The lowest BCUT2D eigenvalue weighted by atomic mass is 10.1. The molecule has 164 valence electrons. The summed E-state index contributed by atoms with van der Waals surface area (Å²) in [6.45, 7) is 4.55. The summed E-state index contributed by atoms with van der Waals surface area (Å²) in [6, 6.07) is 15.3. The van der Waals surface area contributed by atoms with Gasteiger partial charge < -0.3 is 9.64 Å². The number of ether oxygens (including phenoxy) is 1. The third-order valence-corrected chi connectivity index (χ3v) is 5.70. The first-order chi connectivity index (χ1) is 15.4. The van der Waals surface area contributed by atoms with Crippen molar-refractivity contribution >= 4 is 17.5 Å². The molecule has 8 heteroatoms. The highest BCUT2D eigenvalue weighted by atomic mass is 35.5. The van der Waals surface area contributed by atoms with E-state index in [1.165, 1.54) is 0 Å². The maximum atomic E-state index is 12.8. The Bertz CT molecular complexity index is 1190. The maximum Gasteiger partial charge on any atom is 0.274 e. The Morgan fingerprint density at radius 1 is 1.09 bits per heavy atom. The van der Waals surface area contributed by atoms with Crippen molar-refractivity contribution in [3.63, 3.8) is 0 Å². The Labute approximate surface area is 191 Å². The van der Waals surface area contributed by atoms with Gasteiger partial charge >= 0.3 is 0 Å². The Balaban J connectivity index is 1.35. The topological polar surface area (TPSA) is 65.2 Å². The molecule has 7 nitrogen and oxygen atoms in total. The van der Waals surface area contributed by atoms with Crippen LogP contribution in [0, 0.1) is 13.8 Å². The standard InChI is InChI=1S/C24H24ClN5O2/c1-17-13-21(14-18(2)23(17)25)32-16-29-12-9-22(27-29)24(31)28(3)15-19-5-7-20(8-6-19)30-11-4-10-26-30/h4-14H,15-16H2,1-3H3. The third-order valence-electron chi connectivity index (χ3n) is 5.10. The summed E-state index contributed by atoms with van der Waals surface area (Å²) < 4.78 is 9.20. The third kappa shape index (κ3) is 4.84. The number of nitrogens with zero attached hydrogens (tertiary/aromatic N) is 5. The number of hydrogen-bond donors (Lipinski definition) is 0. The van der Waals surface area contributed by atoms with Crippen molar-refractivity contribution in [3.8, 4) is 11.4 Å². The van der Waals surface area contributed by atoms with Gasteiger partial charge in [-0.2, -0.15) is 10.2 Å². The molecule has 0 aliphatic rings. The molecular formula is C24H24ClN5O2. The molecule has 0 atom stereocenters. The summed E-state index contributed by atoms with van der Waals surface area (Å²) in [7, 11) is 1.76. The molecule has 0 fully saturated rings. The molecule has 0 spiro atoms. The van der Waals surface area contributed by atoms with Gasteiger partial charge in [0.15, 0.2) is 12.4 Å². The summed E-state index contributed by atoms with van der Waals surface area (Å²) in [6.07, 6.45) is 5.36. The van der Waals surface area contributed by atoms with Crippen molar-refractivity contribution in [2.75, 3.05) is 7.05 Å². The summed E-state index contributed by atoms with van der Waals surface area (Å²) in [5, 5.41) is 9.32. The molecule has 2 aromatic heterocycles. The van der Waals surface area contributed by atoms with Crippen molar-refractivity contribution in [2.24, 2.45) is 0 Å². The highest BCUT2D eigenvalue weighted by molar-refractivity contribution is 6.32. The average molecular weight is 450 g/mol. The Kier molecular flexibility index (Phi) is 6.28. The van der Waals surface area contributed by atoms with Gasteiger partial charge in [-0.25, -0.2) is 9.36 Å². The molecule has 0 bridgehead atoms. The van der Waals surface area contributed by atoms with E-state index in [0.717, 1.165) is 27.4 Å². The molecule has 2 aromatic carbocycles. The second-order valence-electron chi connectivity index (χ2n) is 7.66. The number of aryl methyl sites for hydroxylation is 2. The zero-order chi connectivity index (χ0) is 22.7. The normalized spacial score (nSPS) is 10.9. The minimum Gasteiger partial charge on any atom is -0.471 e. The molecule has 0 N–H and O–H groups in total. The first-order valence-corrected chi connectivity index (χ1v) is 10.6. The van der Waals surface area contributed by atoms with E-state index in [2.05, 4.69) is 10.2 Å². The van der Waals surface area contributed by atoms with Crippen LogP contribution >= 0.6 is 11.6 Å². The van der Waals surface area contributed by atoms with Gasteiger partial charge in [0.05, 0.1) is 5.69 Å². The molecular weight excluding hydrogens is 426 g/mol. The number of rotatable bonds is 7. The lowest BCUT2D eigenvalue weighted by molar-refractivity contribution is 0.0777. The van der Waals surface area contributed by atoms with Crippen molar-refractivity contribution in [2.45, 2.75) is 27.1 Å². The van der Waals surface area contributed by atoms with Crippen LogP contribution in [-0.4, -0.2) is 37.4 Å². The molecule has 0 aliphatic heterocycles. The second-order valence-corrected chi connectivity index (χ2v) is 8.04. The van der Waals surface area contributed by atoms with Crippen molar-refractivity contribution in [3.05, 3.63) is 94.5 Å². The monoisotopic (exact) mass is 449 g/mol. The van der Waals surface area contributed by atoms with E-state index < -0.39 is 0 Å². The van der Waals surface area contributed by atoms with E-state index >= 15 is 0 Å². The molecule has 32 heavy (non-hydrogen) atoms. The average Bonchev–Trinajstić information content (AvgIpc) is 3.48. The van der Waals surface area contributed by atoms with Gasteiger partial charge in [-0.15, -0.1) is 0 Å². The predicted molar refractivity (Wildman–Crippen MR) is 123 cm³/mol. The minimum atomic E-state index is -0.155. The molecule has 0 aliphatic carbocycles. The largest absolute Gasteiger partial charge is 0.471 e. The van der Waals surface area contributed by atoms with Crippen molar-refractivity contribution in [1.82, 2.24) is 24.5 Å². The van der Waals surface area contributed by atoms with Gasteiger partial charge in [-0.05, 0) is 66.9 Å². The van der Waals surface area contributed by atoms with E-state index in [9.17, 15) is 4.79 Å². The fourth-order valence-electron chi connectivity index (χ4n) is 3.39. The van der Waals surface area contributed by atoms with Gasteiger partial charge in [0.1, 0.15) is 5.75 Å². The lowest BCUT2D eigenvalue weighted by Gasteiger charge is -2.16. The minimum absolute atomic E-state index is 0.155. The van der Waals surface area contributed by atoms with Crippen LogP contribution in [0.2, 0.25) is 5.02 Å². The van der Waals surface area contributed by atoms with Gasteiger partial charge in [0.2, 0.25) is 0 Å². The fraction of sp³-hybridized carbons (Fsp3) is 0.208. The molecule has 0 saturated heterocycles. The highest BCUT2D eigenvalue weighted by Crippen LogP contribution is 2.26. The van der Waals surface area contributed by atoms with E-state index in [1.807, 2.05) is 62.5 Å². The number of carbonyl (C=O) groups is 1. The molecule has 4 aromatic rings. The number of aromatic nitrogens is 4. The van der Waals surface area contributed by atoms with E-state index in [-0.39, 0.29) is 12.6 Å². The van der Waals surface area contributed by atoms with Gasteiger partial charge in [-0.1, -0.05) is 23.7 Å². The van der Waals surface area contributed by atoms with Gasteiger partial charge in [-0.3, -0.25) is 4.79 Å². The fourth-order valence-corrected chi connectivity index (χ4v) is 3.50. The summed E-state index contributed by atoms with van der Waals surface area (Å²) in [5.74, 6) is 0.557. The quantitative estimate of drug-likeness (QED) is 0.412. The lowest BCUT2D eigenvalue weighted by Crippen LogP contribution is -2.26. The van der Waals surface area contributed by atoms with Crippen molar-refractivity contribution in [1.29, 1.82) is 0 Å². The summed E-state index contributed by atoms with van der Waals surface area (Å²) >= 11 is 6.20. The molecule has 4 rings (SSSR count). The van der Waals surface area contributed by atoms with Crippen LogP contribution in [0.4, 0.5) is 0 Å². The first kappa shape index (κ1) is 21.6. The van der Waals surface area contributed by atoms with Crippen LogP contribution < -0.4 is 4.74 Å². The number of amides is 1. The number of carbonyl (C=O) groups excluding carboxylic acids is 1. The molecule has 0 saturated carbocycles. The van der Waals surface area contributed by atoms with E-state index in [0.29, 0.717) is 18.0 Å². The van der Waals surface area contributed by atoms with Crippen LogP contribution in [0.3, 0.4) is 0 Å². The maximum absolute atomic E-state index is 12.8. The highest BCUT2D eigenvalue weighted by Gasteiger charge is 2.15. The Hall–Kier alpha value is -3.58. The van der Waals surface area contributed by atoms with E-state index in [1.54, 1.807) is 39.8 Å². The molecule has 0 unspecified atom stereocenters. The zero-order valence-corrected chi connectivity index (χ0v) is 19.0. The van der Waals surface area contributed by atoms with Gasteiger partial charge in [0, 0.05) is 37.2 Å². The smallest absolute Gasteiger partial charge is 0.274 e. The van der Waals surface area contributed by atoms with Crippen LogP contribution in [-0.2, 0) is 13.3 Å². The van der Waals surface area contributed by atoms with Crippen LogP contribution in [0.15, 0.2) is 67.1 Å². The summed E-state index contributed by atoms with van der Waals surface area (Å²) in [4.78, 5) is 14.4. The Morgan fingerprint density at radius 2 is 1.81 bits per heavy atom. The molecule has 0 radical (unpaired) electrons. The SMILES string of the molecule is Cc1cc(OCn2ccc(C(=O)N(C)Cc3ccc(-n4cccn4)cc3)n2)cc(C)c1Cl. The second kappa shape index (κ2) is 9.28. The summed E-state index contributed by atoms with van der Waals surface area (Å²) in [5.41, 5.74) is 4.27. The van der Waals surface area contributed by atoms with Crippen molar-refractivity contribution < 1.29 is 9.53 Å². The van der Waals surface area contributed by atoms with Crippen LogP contribution in [0.5, 0.6) is 5.75 Å². The number of hydrogen-bond acceptors (Lipinski definition) is 4. The first-order valence-electron chi connectivity index (χ1n) is 10.2. The van der Waals surface area contributed by atoms with E-state index in [4.69, 9.17) is 16.3 Å². The van der Waals surface area contributed by atoms with Crippen LogP contribution in [0.25, 0.3) is 5.69 Å². The number of halogens is 1. The van der Waals surface area contributed by atoms with Gasteiger partial charge in [0.25, 0.3) is 5.91 Å². The Morgan fingerprint density at radius 3 is 2.47 bits per heavy atom. The zero-order valence-electron chi connectivity index (χ0n) is 18.2. The number of benzene rings is 2.